The monoisotopic (exact) mass is 674 g/mol. The van der Waals surface area contributed by atoms with E-state index in [1.807, 2.05) is 24.3 Å². The van der Waals surface area contributed by atoms with E-state index in [1.54, 1.807) is 12.1 Å². The maximum absolute atomic E-state index is 15.0. The van der Waals surface area contributed by atoms with Crippen LogP contribution in [0.3, 0.4) is 0 Å². The maximum Gasteiger partial charge on any atom is 0.432 e. The predicted molar refractivity (Wildman–Crippen MR) is 162 cm³/mol. The van der Waals surface area contributed by atoms with Gasteiger partial charge in [-0.15, -0.1) is 0 Å². The van der Waals surface area contributed by atoms with Gasteiger partial charge >= 0.3 is 6.11 Å². The molecule has 48 heavy (non-hydrogen) atoms. The van der Waals surface area contributed by atoms with E-state index < -0.39 is 63.7 Å². The quantitative estimate of drug-likeness (QED) is 0.0745. The number of benzene rings is 5. The fraction of sp³-hybridized carbons (Fsp3) is 0.189. The highest BCUT2D eigenvalue weighted by Crippen LogP contribution is 2.38. The normalized spacial score (nSPS) is 11.5. The molecule has 0 aliphatic heterocycles. The maximum atomic E-state index is 15.0. The van der Waals surface area contributed by atoms with Crippen LogP contribution in [0.25, 0.3) is 22.3 Å². The number of halogens is 9. The molecule has 0 N–H and O–H groups in total. The lowest BCUT2D eigenvalue weighted by atomic mass is 10.00. The van der Waals surface area contributed by atoms with Gasteiger partial charge in [0, 0.05) is 29.3 Å². The van der Waals surface area contributed by atoms with Crippen LogP contribution in [0.5, 0.6) is 11.5 Å². The Kier molecular flexibility index (Phi) is 10.4. The van der Waals surface area contributed by atoms with E-state index in [0.29, 0.717) is 17.7 Å². The first-order valence-electron chi connectivity index (χ1n) is 14.9. The molecule has 250 valence electrons. The Bertz CT molecular complexity index is 1880. The van der Waals surface area contributed by atoms with Crippen molar-refractivity contribution < 1.29 is 49.0 Å². The zero-order valence-electron chi connectivity index (χ0n) is 25.3. The van der Waals surface area contributed by atoms with E-state index in [1.165, 1.54) is 17.7 Å². The Morgan fingerprint density at radius 1 is 0.562 bits per heavy atom. The van der Waals surface area contributed by atoms with Crippen molar-refractivity contribution in [1.82, 2.24) is 0 Å². The first kappa shape index (κ1) is 34.4. The molecule has 11 heteroatoms. The molecule has 0 bridgehead atoms. The summed E-state index contributed by atoms with van der Waals surface area (Å²) in [5, 5.41) is 0. The Morgan fingerprint density at radius 3 is 1.77 bits per heavy atom. The zero-order valence-corrected chi connectivity index (χ0v) is 25.3. The fourth-order valence-electron chi connectivity index (χ4n) is 5.06. The van der Waals surface area contributed by atoms with Crippen molar-refractivity contribution in [2.75, 3.05) is 0 Å². The van der Waals surface area contributed by atoms with Crippen LogP contribution in [0.4, 0.5) is 39.5 Å². The van der Waals surface area contributed by atoms with Gasteiger partial charge in [0.25, 0.3) is 0 Å². The molecule has 0 aromatic heterocycles. The van der Waals surface area contributed by atoms with Crippen molar-refractivity contribution >= 4 is 0 Å². The lowest BCUT2D eigenvalue weighted by molar-refractivity contribution is -0.189. The summed E-state index contributed by atoms with van der Waals surface area (Å²) in [6, 6.07) is 16.7. The third-order valence-electron chi connectivity index (χ3n) is 7.59. The van der Waals surface area contributed by atoms with E-state index in [-0.39, 0.29) is 35.6 Å². The van der Waals surface area contributed by atoms with E-state index >= 15 is 4.39 Å². The third-order valence-corrected chi connectivity index (χ3v) is 7.59. The molecule has 5 aromatic carbocycles. The number of hydrogen-bond donors (Lipinski definition) is 0. The van der Waals surface area contributed by atoms with E-state index in [4.69, 9.17) is 4.74 Å². The van der Waals surface area contributed by atoms with Crippen molar-refractivity contribution in [3.05, 3.63) is 142 Å². The Balaban J connectivity index is 1.27. The van der Waals surface area contributed by atoms with Crippen LogP contribution >= 0.6 is 0 Å². The van der Waals surface area contributed by atoms with Crippen molar-refractivity contribution in [2.24, 2.45) is 0 Å². The molecule has 0 fully saturated rings. The molecule has 0 amide bonds. The first-order chi connectivity index (χ1) is 22.9. The minimum Gasteiger partial charge on any atom is -0.489 e. The van der Waals surface area contributed by atoms with Crippen LogP contribution in [0, 0.1) is 40.7 Å². The number of alkyl halides is 2. The summed E-state index contributed by atoms with van der Waals surface area (Å²) < 4.78 is 138. The van der Waals surface area contributed by atoms with Gasteiger partial charge in [0.2, 0.25) is 0 Å². The second-order valence-corrected chi connectivity index (χ2v) is 11.0. The zero-order chi connectivity index (χ0) is 34.6. The van der Waals surface area contributed by atoms with Gasteiger partial charge in [-0.1, -0.05) is 56.2 Å². The minimum atomic E-state index is -4.80. The van der Waals surface area contributed by atoms with Gasteiger partial charge in [0.1, 0.15) is 46.9 Å². The van der Waals surface area contributed by atoms with Crippen molar-refractivity contribution in [2.45, 2.75) is 45.3 Å². The van der Waals surface area contributed by atoms with Crippen molar-refractivity contribution in [3.8, 4) is 33.8 Å². The molecular formula is C37H27F9O2. The number of hydrogen-bond acceptors (Lipinski definition) is 2. The molecule has 2 nitrogen and oxygen atoms in total. The van der Waals surface area contributed by atoms with Crippen LogP contribution in [-0.4, -0.2) is 0 Å². The Labute approximate surface area is 270 Å². The molecule has 0 heterocycles. The topological polar surface area (TPSA) is 18.5 Å². The van der Waals surface area contributed by atoms with Gasteiger partial charge in [-0.25, -0.2) is 30.7 Å². The van der Waals surface area contributed by atoms with Crippen molar-refractivity contribution in [1.29, 1.82) is 0 Å². The van der Waals surface area contributed by atoms with Gasteiger partial charge in [-0.2, -0.15) is 8.78 Å². The fourth-order valence-corrected chi connectivity index (χ4v) is 5.06. The molecule has 5 rings (SSSR count). The molecular weight excluding hydrogens is 647 g/mol. The third kappa shape index (κ3) is 7.78. The lowest BCUT2D eigenvalue weighted by Gasteiger charge is -2.20. The highest BCUT2D eigenvalue weighted by atomic mass is 19.3. The first-order valence-corrected chi connectivity index (χ1v) is 14.9. The standard InChI is InChI=1S/C37H27F9O2/c1-2-3-4-5-21-6-8-22(9-7-21)23-10-11-24(29(38)14-23)20-47-26-12-13-28(30(39)17-26)25-15-31(40)35(32(41)16-25)37(45,46)48-27-18-33(42)36(44)34(43)19-27/h6-19H,2-5,20H2,1H3. The number of rotatable bonds is 12. The van der Waals surface area contributed by atoms with Crippen molar-refractivity contribution in [3.63, 3.8) is 0 Å². The van der Waals surface area contributed by atoms with Crippen LogP contribution in [0.15, 0.2) is 84.9 Å². The highest BCUT2D eigenvalue weighted by Gasteiger charge is 2.41. The predicted octanol–water partition coefficient (Wildman–Crippen LogP) is 11.4. The summed E-state index contributed by atoms with van der Waals surface area (Å²) in [5.74, 6) is -12.3. The van der Waals surface area contributed by atoms with Gasteiger partial charge < -0.3 is 9.47 Å². The summed E-state index contributed by atoms with van der Waals surface area (Å²) in [7, 11) is 0. The summed E-state index contributed by atoms with van der Waals surface area (Å²) in [5.41, 5.74) is 0.121. The van der Waals surface area contributed by atoms with Gasteiger partial charge in [-0.3, -0.25) is 0 Å². The molecule has 0 unspecified atom stereocenters. The smallest absolute Gasteiger partial charge is 0.432 e. The molecule has 0 saturated carbocycles. The average Bonchev–Trinajstić information content (AvgIpc) is 3.03. The molecule has 0 radical (unpaired) electrons. The number of unbranched alkanes of at least 4 members (excludes halogenated alkanes) is 2. The van der Waals surface area contributed by atoms with E-state index in [2.05, 4.69) is 11.7 Å². The molecule has 0 saturated heterocycles. The molecule has 5 aromatic rings. The van der Waals surface area contributed by atoms with Crippen LogP contribution in [-0.2, 0) is 19.1 Å². The lowest BCUT2D eigenvalue weighted by Crippen LogP contribution is -2.25. The van der Waals surface area contributed by atoms with E-state index in [0.717, 1.165) is 43.4 Å². The SMILES string of the molecule is CCCCCc1ccc(-c2ccc(COc3ccc(-c4cc(F)c(C(F)(F)Oc5cc(F)c(F)c(F)c5)c(F)c4)c(F)c3)c(F)c2)cc1. The summed E-state index contributed by atoms with van der Waals surface area (Å²) in [6.07, 6.45) is -0.438. The highest BCUT2D eigenvalue weighted by molar-refractivity contribution is 5.66. The second kappa shape index (κ2) is 14.5. The molecule has 0 spiro atoms. The Morgan fingerprint density at radius 2 is 1.17 bits per heavy atom. The Hall–Kier alpha value is -4.93. The summed E-state index contributed by atoms with van der Waals surface area (Å²) in [4.78, 5) is 0. The van der Waals surface area contributed by atoms with Gasteiger partial charge in [0.15, 0.2) is 17.5 Å². The van der Waals surface area contributed by atoms with Gasteiger partial charge in [-0.05, 0) is 65.4 Å². The molecule has 0 aliphatic carbocycles. The summed E-state index contributed by atoms with van der Waals surface area (Å²) in [6.45, 7) is 1.87. The van der Waals surface area contributed by atoms with Crippen LogP contribution in [0.2, 0.25) is 0 Å². The number of aryl methyl sites for hydroxylation is 1. The van der Waals surface area contributed by atoms with E-state index in [9.17, 15) is 35.1 Å². The average molecular weight is 675 g/mol. The molecule has 0 atom stereocenters. The second-order valence-electron chi connectivity index (χ2n) is 11.0. The number of ether oxygens (including phenoxy) is 2. The largest absolute Gasteiger partial charge is 0.489 e. The van der Waals surface area contributed by atoms with Gasteiger partial charge in [0.05, 0.1) is 0 Å². The minimum absolute atomic E-state index is 0.0466. The van der Waals surface area contributed by atoms with Crippen LogP contribution < -0.4 is 9.47 Å². The molecule has 0 aliphatic rings. The summed E-state index contributed by atoms with van der Waals surface area (Å²) >= 11 is 0. The van der Waals surface area contributed by atoms with Crippen LogP contribution in [0.1, 0.15) is 42.9 Å².